The fraction of sp³-hybridized carbons (Fsp3) is 0.533. The van der Waals surface area contributed by atoms with Crippen LogP contribution in [0, 0.1) is 6.92 Å². The molecule has 2 N–H and O–H groups in total. The van der Waals surface area contributed by atoms with Crippen LogP contribution in [-0.2, 0) is 4.79 Å². The van der Waals surface area contributed by atoms with E-state index in [9.17, 15) is 4.79 Å². The van der Waals surface area contributed by atoms with Crippen LogP contribution in [0.1, 0.15) is 31.7 Å². The number of halogens is 1. The van der Waals surface area contributed by atoms with Crippen molar-refractivity contribution in [2.75, 3.05) is 25.5 Å². The van der Waals surface area contributed by atoms with E-state index >= 15 is 0 Å². The highest BCUT2D eigenvalue weighted by Gasteiger charge is 2.09. The highest BCUT2D eigenvalue weighted by molar-refractivity contribution is 6.31. The van der Waals surface area contributed by atoms with Gasteiger partial charge in [0.2, 0.25) is 5.91 Å². The van der Waals surface area contributed by atoms with Crippen molar-refractivity contribution < 1.29 is 9.69 Å². The molecule has 0 aliphatic heterocycles. The molecular formula is C15H24ClN2O+. The molecule has 0 spiro atoms. The molecule has 3 nitrogen and oxygen atoms in total. The molecule has 0 aliphatic carbocycles. The van der Waals surface area contributed by atoms with E-state index in [0.717, 1.165) is 24.3 Å². The van der Waals surface area contributed by atoms with E-state index in [1.807, 2.05) is 25.1 Å². The van der Waals surface area contributed by atoms with Crippen molar-refractivity contribution in [3.05, 3.63) is 28.8 Å². The van der Waals surface area contributed by atoms with Crippen LogP contribution < -0.4 is 10.2 Å². The van der Waals surface area contributed by atoms with Crippen LogP contribution in [0.2, 0.25) is 5.02 Å². The van der Waals surface area contributed by atoms with Gasteiger partial charge in [0.15, 0.2) is 0 Å². The van der Waals surface area contributed by atoms with Crippen molar-refractivity contribution in [2.45, 2.75) is 33.1 Å². The standard InChI is InChI=1S/C15H23ClN2O/c1-4-5-10-18(3)11-9-15(19)17-14-8-6-7-13(16)12(14)2/h6-8H,4-5,9-11H2,1-3H3,(H,17,19)/p+1. The Labute approximate surface area is 120 Å². The lowest BCUT2D eigenvalue weighted by Gasteiger charge is -2.14. The Hall–Kier alpha value is -1.06. The lowest BCUT2D eigenvalue weighted by Crippen LogP contribution is -3.09. The van der Waals surface area contributed by atoms with Gasteiger partial charge in [-0.05, 0) is 31.0 Å². The number of quaternary nitrogens is 1. The molecule has 0 saturated heterocycles. The number of nitrogens with one attached hydrogen (secondary N) is 2. The first-order chi connectivity index (χ1) is 9.04. The number of anilines is 1. The third-order valence-corrected chi connectivity index (χ3v) is 3.69. The number of benzene rings is 1. The second-order valence-corrected chi connectivity index (χ2v) is 5.43. The monoisotopic (exact) mass is 283 g/mol. The molecule has 0 fully saturated rings. The summed E-state index contributed by atoms with van der Waals surface area (Å²) in [6.45, 7) is 6.09. The Morgan fingerprint density at radius 2 is 2.11 bits per heavy atom. The van der Waals surface area contributed by atoms with Crippen LogP contribution >= 0.6 is 11.6 Å². The third kappa shape index (κ3) is 5.62. The first-order valence-electron chi connectivity index (χ1n) is 6.90. The minimum absolute atomic E-state index is 0.0567. The van der Waals surface area contributed by atoms with Gasteiger partial charge >= 0.3 is 0 Å². The Morgan fingerprint density at radius 3 is 2.79 bits per heavy atom. The van der Waals surface area contributed by atoms with Crippen LogP contribution in [0.3, 0.4) is 0 Å². The zero-order chi connectivity index (χ0) is 14.3. The van der Waals surface area contributed by atoms with E-state index in [2.05, 4.69) is 19.3 Å². The summed E-state index contributed by atoms with van der Waals surface area (Å²) in [6, 6.07) is 5.56. The molecule has 0 bridgehead atoms. The first kappa shape index (κ1) is 16.0. The molecule has 4 heteroatoms. The van der Waals surface area contributed by atoms with E-state index < -0.39 is 0 Å². The lowest BCUT2D eigenvalue weighted by molar-refractivity contribution is -0.879. The van der Waals surface area contributed by atoms with Gasteiger partial charge in [0, 0.05) is 10.7 Å². The summed E-state index contributed by atoms with van der Waals surface area (Å²) in [7, 11) is 2.13. The zero-order valence-corrected chi connectivity index (χ0v) is 12.8. The number of rotatable bonds is 7. The van der Waals surface area contributed by atoms with Gasteiger partial charge in [-0.25, -0.2) is 0 Å². The molecule has 1 aromatic carbocycles. The molecular weight excluding hydrogens is 260 g/mol. The SMILES string of the molecule is CCCC[NH+](C)CCC(=O)Nc1cccc(Cl)c1C. The maximum Gasteiger partial charge on any atom is 0.230 e. The van der Waals surface area contributed by atoms with Crippen LogP contribution in [-0.4, -0.2) is 26.0 Å². The van der Waals surface area contributed by atoms with Crippen molar-refractivity contribution in [1.29, 1.82) is 0 Å². The highest BCUT2D eigenvalue weighted by Crippen LogP contribution is 2.22. The maximum atomic E-state index is 11.9. The van der Waals surface area contributed by atoms with Crippen LogP contribution in [0.4, 0.5) is 5.69 Å². The Morgan fingerprint density at radius 1 is 1.37 bits per heavy atom. The van der Waals surface area contributed by atoms with Gasteiger partial charge in [0.1, 0.15) is 0 Å². The normalized spacial score (nSPS) is 12.2. The zero-order valence-electron chi connectivity index (χ0n) is 12.1. The van der Waals surface area contributed by atoms with Crippen molar-refractivity contribution in [1.82, 2.24) is 0 Å². The Bertz CT molecular complexity index is 421. The molecule has 0 aromatic heterocycles. The summed E-state index contributed by atoms with van der Waals surface area (Å²) in [5, 5.41) is 3.61. The van der Waals surface area contributed by atoms with Gasteiger partial charge in [0.05, 0.1) is 26.6 Å². The molecule has 1 amide bonds. The van der Waals surface area contributed by atoms with Crippen molar-refractivity contribution in [3.8, 4) is 0 Å². The summed E-state index contributed by atoms with van der Waals surface area (Å²) in [6.07, 6.45) is 2.95. The molecule has 1 atom stereocenters. The first-order valence-corrected chi connectivity index (χ1v) is 7.28. The minimum atomic E-state index is 0.0567. The van der Waals surface area contributed by atoms with Gasteiger partial charge in [-0.15, -0.1) is 0 Å². The quantitative estimate of drug-likeness (QED) is 0.791. The largest absolute Gasteiger partial charge is 0.337 e. The number of carbonyl (C=O) groups excluding carboxylic acids is 1. The fourth-order valence-electron chi connectivity index (χ4n) is 1.89. The summed E-state index contributed by atoms with van der Waals surface area (Å²) in [4.78, 5) is 13.3. The molecule has 19 heavy (non-hydrogen) atoms. The lowest BCUT2D eigenvalue weighted by atomic mass is 10.2. The van der Waals surface area contributed by atoms with Crippen LogP contribution in [0.5, 0.6) is 0 Å². The van der Waals surface area contributed by atoms with E-state index in [0.29, 0.717) is 11.4 Å². The second-order valence-electron chi connectivity index (χ2n) is 5.02. The highest BCUT2D eigenvalue weighted by atomic mass is 35.5. The number of hydrogen-bond acceptors (Lipinski definition) is 1. The smallest absolute Gasteiger partial charge is 0.230 e. The topological polar surface area (TPSA) is 33.5 Å². The summed E-state index contributed by atoms with van der Waals surface area (Å²) in [5.74, 6) is 0.0567. The summed E-state index contributed by atoms with van der Waals surface area (Å²) < 4.78 is 0. The van der Waals surface area contributed by atoms with Gasteiger partial charge in [-0.2, -0.15) is 0 Å². The van der Waals surface area contributed by atoms with Gasteiger partial charge in [0.25, 0.3) is 0 Å². The average Bonchev–Trinajstić information content (AvgIpc) is 2.39. The van der Waals surface area contributed by atoms with Crippen molar-refractivity contribution >= 4 is 23.2 Å². The molecule has 106 valence electrons. The van der Waals surface area contributed by atoms with Gasteiger partial charge < -0.3 is 10.2 Å². The molecule has 0 aliphatic rings. The van der Waals surface area contributed by atoms with E-state index in [1.165, 1.54) is 17.7 Å². The van der Waals surface area contributed by atoms with Gasteiger partial charge in [-0.1, -0.05) is 31.0 Å². The number of amides is 1. The average molecular weight is 284 g/mol. The van der Waals surface area contributed by atoms with E-state index in [1.54, 1.807) is 0 Å². The van der Waals surface area contributed by atoms with Crippen LogP contribution in [0.25, 0.3) is 0 Å². The molecule has 1 rings (SSSR count). The van der Waals surface area contributed by atoms with Gasteiger partial charge in [-0.3, -0.25) is 4.79 Å². The molecule has 0 heterocycles. The minimum Gasteiger partial charge on any atom is -0.337 e. The third-order valence-electron chi connectivity index (χ3n) is 3.28. The van der Waals surface area contributed by atoms with Crippen molar-refractivity contribution in [3.63, 3.8) is 0 Å². The predicted octanol–water partition coefficient (Wildman–Crippen LogP) is 2.29. The fourth-order valence-corrected chi connectivity index (χ4v) is 2.06. The summed E-state index contributed by atoms with van der Waals surface area (Å²) in [5.41, 5.74) is 1.73. The summed E-state index contributed by atoms with van der Waals surface area (Å²) >= 11 is 6.03. The Balaban J connectivity index is 2.41. The molecule has 1 aromatic rings. The Kier molecular flexibility index (Phi) is 6.89. The van der Waals surface area contributed by atoms with E-state index in [4.69, 9.17) is 11.6 Å². The molecule has 1 unspecified atom stereocenters. The van der Waals surface area contributed by atoms with E-state index in [-0.39, 0.29) is 5.91 Å². The van der Waals surface area contributed by atoms with Crippen molar-refractivity contribution in [2.24, 2.45) is 0 Å². The predicted molar refractivity (Wildman–Crippen MR) is 81.0 cm³/mol. The number of hydrogen-bond donors (Lipinski definition) is 2. The second kappa shape index (κ2) is 8.18. The molecule has 0 saturated carbocycles. The number of unbranched alkanes of at least 4 members (excludes halogenated alkanes) is 1. The maximum absolute atomic E-state index is 11.9. The number of carbonyl (C=O) groups is 1. The molecule has 0 radical (unpaired) electrons. The van der Waals surface area contributed by atoms with Crippen LogP contribution in [0.15, 0.2) is 18.2 Å².